The van der Waals surface area contributed by atoms with Crippen molar-refractivity contribution < 1.29 is 18.3 Å². The zero-order valence-corrected chi connectivity index (χ0v) is 9.32. The van der Waals surface area contributed by atoms with Crippen LogP contribution in [0.4, 0.5) is 0 Å². The van der Waals surface area contributed by atoms with Gasteiger partial charge in [-0.1, -0.05) is 11.6 Å². The average Bonchev–Trinajstić information content (AvgIpc) is 2.49. The number of rotatable bonds is 4. The predicted octanol–water partition coefficient (Wildman–Crippen LogP) is 1.65. The van der Waals surface area contributed by atoms with Crippen LogP contribution >= 0.6 is 22.9 Å². The van der Waals surface area contributed by atoms with Gasteiger partial charge >= 0.3 is 5.97 Å². The van der Waals surface area contributed by atoms with E-state index in [2.05, 4.69) is 0 Å². The van der Waals surface area contributed by atoms with Gasteiger partial charge in [0.1, 0.15) is 4.21 Å². The molecule has 0 saturated carbocycles. The van der Waals surface area contributed by atoms with E-state index in [4.69, 9.17) is 16.7 Å². The summed E-state index contributed by atoms with van der Waals surface area (Å²) in [4.78, 5) is 10.2. The maximum Gasteiger partial charge on any atom is 0.304 e. The van der Waals surface area contributed by atoms with E-state index >= 15 is 0 Å². The van der Waals surface area contributed by atoms with Crippen LogP contribution in [0.3, 0.4) is 0 Å². The van der Waals surface area contributed by atoms with Gasteiger partial charge in [0, 0.05) is 0 Å². The minimum absolute atomic E-state index is 0.115. The normalized spacial score (nSPS) is 11.5. The first-order chi connectivity index (χ1) is 6.42. The number of halogens is 1. The zero-order valence-electron chi connectivity index (χ0n) is 6.94. The Hall–Kier alpha value is -0.590. The quantitative estimate of drug-likeness (QED) is 0.887. The van der Waals surface area contributed by atoms with Crippen LogP contribution in [0.5, 0.6) is 0 Å². The Morgan fingerprint density at radius 1 is 1.50 bits per heavy atom. The molecule has 1 aromatic rings. The smallest absolute Gasteiger partial charge is 0.304 e. The second-order valence-electron chi connectivity index (χ2n) is 2.52. The molecule has 14 heavy (non-hydrogen) atoms. The summed E-state index contributed by atoms with van der Waals surface area (Å²) < 4.78 is 23.4. The Balaban J connectivity index is 2.81. The predicted molar refractivity (Wildman–Crippen MR) is 53.6 cm³/mol. The molecule has 0 unspecified atom stereocenters. The molecule has 0 amide bonds. The SMILES string of the molecule is O=C(O)CCS(=O)(=O)c1ccc(Cl)s1. The molecule has 0 aliphatic carbocycles. The fourth-order valence-corrected chi connectivity index (χ4v) is 3.65. The summed E-state index contributed by atoms with van der Waals surface area (Å²) >= 11 is 6.50. The Bertz CT molecular complexity index is 434. The van der Waals surface area contributed by atoms with Crippen LogP contribution in [0.25, 0.3) is 0 Å². The third-order valence-electron chi connectivity index (χ3n) is 1.44. The van der Waals surface area contributed by atoms with Crippen LogP contribution in [0.15, 0.2) is 16.3 Å². The van der Waals surface area contributed by atoms with Gasteiger partial charge in [-0.15, -0.1) is 11.3 Å². The van der Waals surface area contributed by atoms with Crippen molar-refractivity contribution in [2.45, 2.75) is 10.6 Å². The van der Waals surface area contributed by atoms with Gasteiger partial charge < -0.3 is 5.11 Å². The topological polar surface area (TPSA) is 71.4 Å². The molecule has 0 radical (unpaired) electrons. The highest BCUT2D eigenvalue weighted by molar-refractivity contribution is 7.93. The van der Waals surface area contributed by atoms with Crippen LogP contribution in [-0.2, 0) is 14.6 Å². The van der Waals surface area contributed by atoms with Crippen molar-refractivity contribution in [3.63, 3.8) is 0 Å². The molecule has 1 N–H and O–H groups in total. The maximum absolute atomic E-state index is 11.4. The number of carboxylic acids is 1. The highest BCUT2D eigenvalue weighted by Crippen LogP contribution is 2.26. The largest absolute Gasteiger partial charge is 0.481 e. The van der Waals surface area contributed by atoms with Crippen molar-refractivity contribution >= 4 is 38.7 Å². The first-order valence-electron chi connectivity index (χ1n) is 3.62. The Labute approximate surface area is 90.1 Å². The second kappa shape index (κ2) is 4.29. The van der Waals surface area contributed by atoms with Gasteiger partial charge in [0.25, 0.3) is 0 Å². The number of sulfone groups is 1. The van der Waals surface area contributed by atoms with Gasteiger partial charge in [-0.05, 0) is 12.1 Å². The molecule has 1 aromatic heterocycles. The first-order valence-corrected chi connectivity index (χ1v) is 6.46. The van der Waals surface area contributed by atoms with Crippen molar-refractivity contribution in [1.82, 2.24) is 0 Å². The molecular weight excluding hydrogens is 248 g/mol. The lowest BCUT2D eigenvalue weighted by Gasteiger charge is -1.97. The molecule has 4 nitrogen and oxygen atoms in total. The number of carbonyl (C=O) groups is 1. The summed E-state index contributed by atoms with van der Waals surface area (Å²) in [5.74, 6) is -1.52. The van der Waals surface area contributed by atoms with Gasteiger partial charge in [0.2, 0.25) is 0 Å². The molecule has 0 aliphatic rings. The monoisotopic (exact) mass is 254 g/mol. The van der Waals surface area contributed by atoms with E-state index in [0.717, 1.165) is 11.3 Å². The van der Waals surface area contributed by atoms with Crippen LogP contribution in [0.1, 0.15) is 6.42 Å². The Morgan fingerprint density at radius 2 is 2.14 bits per heavy atom. The molecule has 0 aromatic carbocycles. The van der Waals surface area contributed by atoms with Crippen molar-refractivity contribution in [3.8, 4) is 0 Å². The van der Waals surface area contributed by atoms with Gasteiger partial charge in [-0.2, -0.15) is 0 Å². The number of thiophene rings is 1. The number of aliphatic carboxylic acids is 1. The summed E-state index contributed by atoms with van der Waals surface area (Å²) in [6.45, 7) is 0. The Morgan fingerprint density at radius 3 is 2.57 bits per heavy atom. The minimum atomic E-state index is -3.48. The van der Waals surface area contributed by atoms with E-state index in [1.807, 2.05) is 0 Å². The molecule has 0 spiro atoms. The van der Waals surface area contributed by atoms with Gasteiger partial charge in [-0.25, -0.2) is 8.42 Å². The van der Waals surface area contributed by atoms with E-state index < -0.39 is 22.2 Å². The molecule has 0 aliphatic heterocycles. The third kappa shape index (κ3) is 2.97. The van der Waals surface area contributed by atoms with E-state index in [1.165, 1.54) is 12.1 Å². The standard InChI is InChI=1S/C7H7ClO4S2/c8-5-1-2-7(13-5)14(11,12)4-3-6(9)10/h1-2H,3-4H2,(H,9,10). The summed E-state index contributed by atoms with van der Waals surface area (Å²) in [5.41, 5.74) is 0. The van der Waals surface area contributed by atoms with Crippen LogP contribution in [0, 0.1) is 0 Å². The van der Waals surface area contributed by atoms with E-state index in [0.29, 0.717) is 4.34 Å². The lowest BCUT2D eigenvalue weighted by Crippen LogP contribution is -2.09. The highest BCUT2D eigenvalue weighted by Gasteiger charge is 2.17. The summed E-state index contributed by atoms with van der Waals surface area (Å²) in [5, 5.41) is 8.34. The fraction of sp³-hybridized carbons (Fsp3) is 0.286. The number of carboxylic acid groups (broad SMARTS) is 1. The maximum atomic E-state index is 11.4. The zero-order chi connectivity index (χ0) is 10.8. The van der Waals surface area contributed by atoms with Crippen molar-refractivity contribution in [2.24, 2.45) is 0 Å². The van der Waals surface area contributed by atoms with Crippen molar-refractivity contribution in [3.05, 3.63) is 16.5 Å². The average molecular weight is 255 g/mol. The summed E-state index contributed by atoms with van der Waals surface area (Å²) in [6.07, 6.45) is -0.391. The van der Waals surface area contributed by atoms with E-state index in [1.54, 1.807) is 0 Å². The molecule has 0 atom stereocenters. The highest BCUT2D eigenvalue weighted by atomic mass is 35.5. The van der Waals surface area contributed by atoms with Gasteiger partial charge in [-0.3, -0.25) is 4.79 Å². The molecule has 0 fully saturated rings. The number of hydrogen-bond donors (Lipinski definition) is 1. The van der Waals surface area contributed by atoms with Crippen molar-refractivity contribution in [1.29, 1.82) is 0 Å². The molecule has 1 heterocycles. The van der Waals surface area contributed by atoms with Crippen LogP contribution < -0.4 is 0 Å². The van der Waals surface area contributed by atoms with E-state index in [-0.39, 0.29) is 9.96 Å². The third-order valence-corrected chi connectivity index (χ3v) is 4.97. The van der Waals surface area contributed by atoms with Crippen LogP contribution in [0.2, 0.25) is 4.34 Å². The van der Waals surface area contributed by atoms with Gasteiger partial charge in [0.05, 0.1) is 16.5 Å². The van der Waals surface area contributed by atoms with E-state index in [9.17, 15) is 13.2 Å². The van der Waals surface area contributed by atoms with Gasteiger partial charge in [0.15, 0.2) is 9.84 Å². The molecule has 0 saturated heterocycles. The molecular formula is C7H7ClO4S2. The van der Waals surface area contributed by atoms with Crippen molar-refractivity contribution in [2.75, 3.05) is 5.75 Å². The number of hydrogen-bond acceptors (Lipinski definition) is 4. The molecule has 1 rings (SSSR count). The lowest BCUT2D eigenvalue weighted by atomic mass is 10.5. The molecule has 0 bridgehead atoms. The fourth-order valence-electron chi connectivity index (χ4n) is 0.787. The summed E-state index contributed by atoms with van der Waals surface area (Å²) in [7, 11) is -3.48. The molecule has 7 heteroatoms. The minimum Gasteiger partial charge on any atom is -0.481 e. The summed E-state index contributed by atoms with van der Waals surface area (Å²) in [6, 6.07) is 2.85. The first kappa shape index (κ1) is 11.5. The molecule has 78 valence electrons. The Kier molecular flexibility index (Phi) is 3.52. The van der Waals surface area contributed by atoms with Crippen LogP contribution in [-0.4, -0.2) is 25.2 Å². The lowest BCUT2D eigenvalue weighted by molar-refractivity contribution is -0.136. The second-order valence-corrected chi connectivity index (χ2v) is 6.57.